The summed E-state index contributed by atoms with van der Waals surface area (Å²) in [7, 11) is 1.43. The van der Waals surface area contributed by atoms with E-state index in [0.717, 1.165) is 12.8 Å². The monoisotopic (exact) mass is 227 g/mol. The maximum Gasteiger partial charge on any atom is 0.407 e. The molecule has 0 aromatic heterocycles. The average molecular weight is 227 g/mol. The fourth-order valence-corrected chi connectivity index (χ4v) is 2.36. The van der Waals surface area contributed by atoms with E-state index in [1.165, 1.54) is 58.5 Å². The third kappa shape index (κ3) is 5.99. The van der Waals surface area contributed by atoms with Crippen molar-refractivity contribution >= 4 is 6.09 Å². The largest absolute Gasteiger partial charge is 0.453 e. The van der Waals surface area contributed by atoms with Gasteiger partial charge in [0, 0.05) is 6.04 Å². The summed E-state index contributed by atoms with van der Waals surface area (Å²) in [5, 5.41) is 2.94. The quantitative estimate of drug-likeness (QED) is 0.743. The van der Waals surface area contributed by atoms with Crippen molar-refractivity contribution in [1.82, 2.24) is 5.32 Å². The number of hydrogen-bond acceptors (Lipinski definition) is 2. The molecule has 94 valence electrons. The number of methoxy groups -OCH3 is 1. The summed E-state index contributed by atoms with van der Waals surface area (Å²) in [6, 6.07) is 0.325. The summed E-state index contributed by atoms with van der Waals surface area (Å²) < 4.78 is 4.66. The van der Waals surface area contributed by atoms with E-state index in [-0.39, 0.29) is 6.09 Å². The molecule has 0 saturated heterocycles. The van der Waals surface area contributed by atoms with Gasteiger partial charge < -0.3 is 10.1 Å². The third-order valence-electron chi connectivity index (χ3n) is 3.36. The van der Waals surface area contributed by atoms with Gasteiger partial charge in [-0.1, -0.05) is 51.4 Å². The first kappa shape index (κ1) is 13.3. The molecule has 1 N–H and O–H groups in total. The van der Waals surface area contributed by atoms with Crippen molar-refractivity contribution in [2.75, 3.05) is 7.11 Å². The summed E-state index contributed by atoms with van der Waals surface area (Å²) in [4.78, 5) is 11.2. The Hall–Kier alpha value is -0.730. The van der Waals surface area contributed by atoms with E-state index < -0.39 is 0 Å². The molecule has 1 aliphatic rings. The Morgan fingerprint density at radius 3 is 1.81 bits per heavy atom. The standard InChI is InChI=1S/C13H25NO2/c1-16-13(15)14-12-10-8-6-4-2-3-5-7-9-11-12/h12H,2-11H2,1H3,(H,14,15). The number of carbonyl (C=O) groups excluding carboxylic acids is 1. The van der Waals surface area contributed by atoms with Crippen molar-refractivity contribution in [3.8, 4) is 0 Å². The van der Waals surface area contributed by atoms with Crippen LogP contribution in [0.3, 0.4) is 0 Å². The van der Waals surface area contributed by atoms with Crippen LogP contribution in [0.15, 0.2) is 0 Å². The van der Waals surface area contributed by atoms with Gasteiger partial charge in [0.2, 0.25) is 0 Å². The highest BCUT2D eigenvalue weighted by Crippen LogP contribution is 2.16. The molecule has 1 amide bonds. The van der Waals surface area contributed by atoms with Crippen molar-refractivity contribution in [2.45, 2.75) is 70.3 Å². The van der Waals surface area contributed by atoms with Crippen LogP contribution < -0.4 is 5.32 Å². The molecule has 1 fully saturated rings. The molecule has 1 aliphatic carbocycles. The Kier molecular flexibility index (Phi) is 7.02. The van der Waals surface area contributed by atoms with Crippen molar-refractivity contribution in [2.24, 2.45) is 0 Å². The highest BCUT2D eigenvalue weighted by atomic mass is 16.5. The van der Waals surface area contributed by atoms with Gasteiger partial charge in [-0.2, -0.15) is 0 Å². The molecule has 0 heterocycles. The zero-order chi connectivity index (χ0) is 11.6. The van der Waals surface area contributed by atoms with Gasteiger partial charge in [0.05, 0.1) is 7.11 Å². The zero-order valence-electron chi connectivity index (χ0n) is 10.5. The summed E-state index contributed by atoms with van der Waals surface area (Å²) in [6.45, 7) is 0. The van der Waals surface area contributed by atoms with Crippen LogP contribution in [-0.2, 0) is 4.74 Å². The molecule has 0 aromatic rings. The van der Waals surface area contributed by atoms with Crippen LogP contribution in [0.2, 0.25) is 0 Å². The fraction of sp³-hybridized carbons (Fsp3) is 0.923. The number of alkyl carbamates (subject to hydrolysis) is 1. The summed E-state index contributed by atoms with van der Waals surface area (Å²) in [6.07, 6.45) is 12.5. The molecular formula is C13H25NO2. The Labute approximate surface area is 98.9 Å². The SMILES string of the molecule is COC(=O)NC1CCCCCCCCCC1. The minimum Gasteiger partial charge on any atom is -0.453 e. The first-order valence-corrected chi connectivity index (χ1v) is 6.67. The van der Waals surface area contributed by atoms with Crippen molar-refractivity contribution in [3.05, 3.63) is 0 Å². The number of hydrogen-bond donors (Lipinski definition) is 1. The van der Waals surface area contributed by atoms with E-state index in [1.54, 1.807) is 0 Å². The molecule has 1 rings (SSSR count). The topological polar surface area (TPSA) is 38.3 Å². The summed E-state index contributed by atoms with van der Waals surface area (Å²) in [5.74, 6) is 0. The van der Waals surface area contributed by atoms with Crippen LogP contribution in [0.4, 0.5) is 4.79 Å². The predicted molar refractivity (Wildman–Crippen MR) is 65.5 cm³/mol. The predicted octanol–water partition coefficient (Wildman–Crippen LogP) is 3.63. The lowest BCUT2D eigenvalue weighted by Crippen LogP contribution is -2.34. The van der Waals surface area contributed by atoms with E-state index in [9.17, 15) is 4.79 Å². The molecule has 0 bridgehead atoms. The molecule has 0 unspecified atom stereocenters. The first-order valence-electron chi connectivity index (χ1n) is 6.67. The average Bonchev–Trinajstić information content (AvgIpc) is 2.35. The van der Waals surface area contributed by atoms with Crippen LogP contribution in [-0.4, -0.2) is 19.2 Å². The van der Waals surface area contributed by atoms with Crippen LogP contribution in [0.5, 0.6) is 0 Å². The molecule has 16 heavy (non-hydrogen) atoms. The maximum atomic E-state index is 11.2. The van der Waals surface area contributed by atoms with Crippen molar-refractivity contribution in [1.29, 1.82) is 0 Å². The first-order chi connectivity index (χ1) is 7.83. The Bertz CT molecular complexity index is 182. The second-order valence-corrected chi connectivity index (χ2v) is 4.74. The van der Waals surface area contributed by atoms with E-state index in [0.29, 0.717) is 6.04 Å². The van der Waals surface area contributed by atoms with E-state index in [2.05, 4.69) is 10.1 Å². The number of carbonyl (C=O) groups is 1. The van der Waals surface area contributed by atoms with Crippen molar-refractivity contribution in [3.63, 3.8) is 0 Å². The molecule has 0 radical (unpaired) electrons. The van der Waals surface area contributed by atoms with Gasteiger partial charge in [0.1, 0.15) is 0 Å². The van der Waals surface area contributed by atoms with Gasteiger partial charge in [-0.05, 0) is 12.8 Å². The van der Waals surface area contributed by atoms with E-state index in [1.807, 2.05) is 0 Å². The summed E-state index contributed by atoms with van der Waals surface area (Å²) >= 11 is 0. The second-order valence-electron chi connectivity index (χ2n) is 4.74. The molecule has 0 spiro atoms. The van der Waals surface area contributed by atoms with Gasteiger partial charge in [0.15, 0.2) is 0 Å². The fourth-order valence-electron chi connectivity index (χ4n) is 2.36. The summed E-state index contributed by atoms with van der Waals surface area (Å²) in [5.41, 5.74) is 0. The third-order valence-corrected chi connectivity index (χ3v) is 3.36. The van der Waals surface area contributed by atoms with Crippen LogP contribution in [0, 0.1) is 0 Å². The van der Waals surface area contributed by atoms with Gasteiger partial charge in [-0.15, -0.1) is 0 Å². The molecular weight excluding hydrogens is 202 g/mol. The number of rotatable bonds is 1. The molecule has 3 heteroatoms. The van der Waals surface area contributed by atoms with E-state index in [4.69, 9.17) is 0 Å². The van der Waals surface area contributed by atoms with Crippen LogP contribution in [0.1, 0.15) is 64.2 Å². The molecule has 0 aliphatic heterocycles. The highest BCUT2D eigenvalue weighted by Gasteiger charge is 2.12. The van der Waals surface area contributed by atoms with E-state index >= 15 is 0 Å². The molecule has 3 nitrogen and oxygen atoms in total. The number of amides is 1. The smallest absolute Gasteiger partial charge is 0.407 e. The minimum atomic E-state index is -0.278. The lowest BCUT2D eigenvalue weighted by molar-refractivity contribution is 0.164. The van der Waals surface area contributed by atoms with Gasteiger partial charge in [0.25, 0.3) is 0 Å². The minimum absolute atomic E-state index is 0.278. The Morgan fingerprint density at radius 2 is 1.38 bits per heavy atom. The maximum absolute atomic E-state index is 11.2. The van der Waals surface area contributed by atoms with Crippen LogP contribution in [0.25, 0.3) is 0 Å². The normalized spacial score (nSPS) is 20.8. The van der Waals surface area contributed by atoms with Crippen LogP contribution >= 0.6 is 0 Å². The molecule has 1 saturated carbocycles. The Balaban J connectivity index is 2.30. The van der Waals surface area contributed by atoms with Gasteiger partial charge >= 0.3 is 6.09 Å². The van der Waals surface area contributed by atoms with Gasteiger partial charge in [-0.25, -0.2) is 4.79 Å². The zero-order valence-corrected chi connectivity index (χ0v) is 10.5. The highest BCUT2D eigenvalue weighted by molar-refractivity contribution is 5.67. The van der Waals surface area contributed by atoms with Gasteiger partial charge in [-0.3, -0.25) is 0 Å². The second kappa shape index (κ2) is 8.43. The Morgan fingerprint density at radius 1 is 0.938 bits per heavy atom. The molecule has 0 atom stereocenters. The number of nitrogens with one attached hydrogen (secondary N) is 1. The molecule has 0 aromatic carbocycles. The lowest BCUT2D eigenvalue weighted by Gasteiger charge is -2.17. The lowest BCUT2D eigenvalue weighted by atomic mass is 10.0. The number of ether oxygens (including phenoxy) is 1. The van der Waals surface area contributed by atoms with Crippen molar-refractivity contribution < 1.29 is 9.53 Å².